The van der Waals surface area contributed by atoms with Crippen LogP contribution in [0.4, 0.5) is 0 Å². The summed E-state index contributed by atoms with van der Waals surface area (Å²) in [5, 5.41) is 0. The van der Waals surface area contributed by atoms with Crippen LogP contribution < -0.4 is 4.74 Å². The molecule has 2 heterocycles. The number of rotatable bonds is 5. The first-order valence-electron chi connectivity index (χ1n) is 9.08. The monoisotopic (exact) mass is 359 g/mol. The second-order valence-corrected chi connectivity index (χ2v) is 6.61. The molecule has 0 atom stereocenters. The van der Waals surface area contributed by atoms with E-state index in [-0.39, 0.29) is 17.7 Å². The molecule has 0 bridgehead atoms. The number of hydrogen-bond acceptors (Lipinski definition) is 4. The maximum Gasteiger partial charge on any atom is 0.257 e. The molecule has 26 heavy (non-hydrogen) atoms. The zero-order valence-electron chi connectivity index (χ0n) is 15.1. The lowest BCUT2D eigenvalue weighted by atomic mass is 10.1. The average molecular weight is 359 g/mol. The largest absolute Gasteiger partial charge is 0.496 e. The Morgan fingerprint density at radius 2 is 1.73 bits per heavy atom. The van der Waals surface area contributed by atoms with Crippen LogP contribution in [0.3, 0.4) is 0 Å². The number of carbonyl (C=O) groups excluding carboxylic acids is 3. The van der Waals surface area contributed by atoms with E-state index in [2.05, 4.69) is 0 Å². The molecule has 1 aromatic rings. The molecule has 0 saturated carbocycles. The fourth-order valence-corrected chi connectivity index (χ4v) is 3.48. The van der Waals surface area contributed by atoms with Crippen molar-refractivity contribution in [3.05, 3.63) is 29.8 Å². The van der Waals surface area contributed by atoms with Crippen molar-refractivity contribution in [3.63, 3.8) is 0 Å². The molecule has 0 N–H and O–H groups in total. The van der Waals surface area contributed by atoms with Gasteiger partial charge < -0.3 is 19.4 Å². The van der Waals surface area contributed by atoms with Gasteiger partial charge in [-0.3, -0.25) is 14.4 Å². The minimum Gasteiger partial charge on any atom is -0.496 e. The number of carbonyl (C=O) groups is 3. The van der Waals surface area contributed by atoms with Crippen molar-refractivity contribution in [1.82, 2.24) is 14.7 Å². The third kappa shape index (κ3) is 3.98. The number of amides is 3. The Labute approximate surface area is 153 Å². The van der Waals surface area contributed by atoms with Gasteiger partial charge in [0.2, 0.25) is 11.8 Å². The fourth-order valence-electron chi connectivity index (χ4n) is 3.48. The van der Waals surface area contributed by atoms with Crippen molar-refractivity contribution < 1.29 is 19.1 Å². The van der Waals surface area contributed by atoms with Crippen molar-refractivity contribution in [3.8, 4) is 5.75 Å². The molecular formula is C19H25N3O4. The quantitative estimate of drug-likeness (QED) is 0.786. The predicted molar refractivity (Wildman–Crippen MR) is 95.9 cm³/mol. The highest BCUT2D eigenvalue weighted by molar-refractivity contribution is 5.97. The number of piperazine rings is 1. The molecule has 2 aliphatic heterocycles. The highest BCUT2D eigenvalue weighted by Gasteiger charge is 2.27. The van der Waals surface area contributed by atoms with Crippen LogP contribution in [-0.4, -0.2) is 78.8 Å². The second kappa shape index (κ2) is 8.21. The molecule has 7 nitrogen and oxygen atoms in total. The topological polar surface area (TPSA) is 70.2 Å². The Bertz CT molecular complexity index is 683. The molecule has 2 saturated heterocycles. The van der Waals surface area contributed by atoms with E-state index in [1.165, 1.54) is 0 Å². The van der Waals surface area contributed by atoms with Gasteiger partial charge in [0.1, 0.15) is 5.75 Å². The summed E-state index contributed by atoms with van der Waals surface area (Å²) in [5.41, 5.74) is 0.544. The second-order valence-electron chi connectivity index (χ2n) is 6.61. The normalized spacial score (nSPS) is 17.6. The van der Waals surface area contributed by atoms with E-state index >= 15 is 0 Å². The van der Waals surface area contributed by atoms with Crippen LogP contribution in [0.1, 0.15) is 29.6 Å². The third-order valence-electron chi connectivity index (χ3n) is 5.02. The molecule has 7 heteroatoms. The maximum absolute atomic E-state index is 12.7. The number of hydrogen-bond donors (Lipinski definition) is 0. The molecule has 3 amide bonds. The van der Waals surface area contributed by atoms with E-state index in [4.69, 9.17) is 4.74 Å². The molecule has 140 valence electrons. The van der Waals surface area contributed by atoms with Gasteiger partial charge in [-0.15, -0.1) is 0 Å². The first-order chi connectivity index (χ1) is 12.6. The van der Waals surface area contributed by atoms with Gasteiger partial charge in [-0.2, -0.15) is 0 Å². The molecule has 2 fully saturated rings. The van der Waals surface area contributed by atoms with Crippen LogP contribution in [0.2, 0.25) is 0 Å². The van der Waals surface area contributed by atoms with Crippen LogP contribution in [0, 0.1) is 0 Å². The first kappa shape index (κ1) is 18.2. The molecular weight excluding hydrogens is 334 g/mol. The van der Waals surface area contributed by atoms with Crippen LogP contribution in [0.5, 0.6) is 5.75 Å². The van der Waals surface area contributed by atoms with Crippen LogP contribution in [0.25, 0.3) is 0 Å². The molecule has 1 aromatic carbocycles. The van der Waals surface area contributed by atoms with Crippen LogP contribution in [0.15, 0.2) is 24.3 Å². The SMILES string of the molecule is COc1ccccc1C(=O)N1CCN(C(=O)CCN2CCCC2=O)CC1. The van der Waals surface area contributed by atoms with E-state index in [0.29, 0.717) is 56.9 Å². The lowest BCUT2D eigenvalue weighted by molar-refractivity contribution is -0.134. The summed E-state index contributed by atoms with van der Waals surface area (Å²) in [4.78, 5) is 42.0. The standard InChI is InChI=1S/C19H25N3O4/c1-26-16-6-3-2-5-15(16)19(25)22-13-11-21(12-14-22)18(24)8-10-20-9-4-7-17(20)23/h2-3,5-6H,4,7-14H2,1H3. The Kier molecular flexibility index (Phi) is 5.75. The highest BCUT2D eigenvalue weighted by atomic mass is 16.5. The summed E-state index contributed by atoms with van der Waals surface area (Å²) in [6, 6.07) is 7.17. The highest BCUT2D eigenvalue weighted by Crippen LogP contribution is 2.20. The first-order valence-corrected chi connectivity index (χ1v) is 9.08. The lowest BCUT2D eigenvalue weighted by Crippen LogP contribution is -2.51. The summed E-state index contributed by atoms with van der Waals surface area (Å²) in [7, 11) is 1.55. The summed E-state index contributed by atoms with van der Waals surface area (Å²) in [6.45, 7) is 3.31. The van der Waals surface area contributed by atoms with E-state index < -0.39 is 0 Å². The molecule has 0 unspecified atom stereocenters. The Hall–Kier alpha value is -2.57. The maximum atomic E-state index is 12.7. The Morgan fingerprint density at radius 1 is 1.04 bits per heavy atom. The van der Waals surface area contributed by atoms with Gasteiger partial charge in [-0.25, -0.2) is 0 Å². The number of nitrogens with zero attached hydrogens (tertiary/aromatic N) is 3. The number of ether oxygens (including phenoxy) is 1. The van der Waals surface area contributed by atoms with Gasteiger partial charge in [0.05, 0.1) is 12.7 Å². The third-order valence-corrected chi connectivity index (χ3v) is 5.02. The van der Waals surface area contributed by atoms with Crippen LogP contribution >= 0.6 is 0 Å². The number of benzene rings is 1. The van der Waals surface area contributed by atoms with Crippen molar-refractivity contribution in [2.75, 3.05) is 46.4 Å². The zero-order valence-corrected chi connectivity index (χ0v) is 15.1. The lowest BCUT2D eigenvalue weighted by Gasteiger charge is -2.35. The molecule has 0 aromatic heterocycles. The summed E-state index contributed by atoms with van der Waals surface area (Å²) in [6.07, 6.45) is 1.83. The molecule has 2 aliphatic rings. The smallest absolute Gasteiger partial charge is 0.257 e. The Balaban J connectivity index is 1.49. The predicted octanol–water partition coefficient (Wildman–Crippen LogP) is 0.992. The minimum absolute atomic E-state index is 0.0501. The van der Waals surface area contributed by atoms with E-state index in [1.807, 2.05) is 12.1 Å². The average Bonchev–Trinajstić information content (AvgIpc) is 3.10. The molecule has 0 radical (unpaired) electrons. The number of likely N-dealkylation sites (tertiary alicyclic amines) is 1. The Morgan fingerprint density at radius 3 is 2.38 bits per heavy atom. The van der Waals surface area contributed by atoms with E-state index in [0.717, 1.165) is 13.0 Å². The van der Waals surface area contributed by atoms with Crippen LogP contribution in [-0.2, 0) is 9.59 Å². The molecule has 0 aliphatic carbocycles. The summed E-state index contributed by atoms with van der Waals surface area (Å²) >= 11 is 0. The fraction of sp³-hybridized carbons (Fsp3) is 0.526. The number of para-hydroxylation sites is 1. The molecule has 0 spiro atoms. The van der Waals surface area contributed by atoms with Gasteiger partial charge in [0.15, 0.2) is 0 Å². The van der Waals surface area contributed by atoms with E-state index in [9.17, 15) is 14.4 Å². The van der Waals surface area contributed by atoms with Crippen molar-refractivity contribution >= 4 is 17.7 Å². The summed E-state index contributed by atoms with van der Waals surface area (Å²) < 4.78 is 5.26. The van der Waals surface area contributed by atoms with Gasteiger partial charge in [-0.1, -0.05) is 12.1 Å². The molecule has 3 rings (SSSR count). The zero-order chi connectivity index (χ0) is 18.5. The van der Waals surface area contributed by atoms with Crippen molar-refractivity contribution in [2.24, 2.45) is 0 Å². The minimum atomic E-state index is -0.0720. The van der Waals surface area contributed by atoms with Crippen molar-refractivity contribution in [1.29, 1.82) is 0 Å². The van der Waals surface area contributed by atoms with Gasteiger partial charge in [-0.05, 0) is 18.6 Å². The van der Waals surface area contributed by atoms with Gasteiger partial charge >= 0.3 is 0 Å². The van der Waals surface area contributed by atoms with Gasteiger partial charge in [0.25, 0.3) is 5.91 Å². The van der Waals surface area contributed by atoms with Crippen molar-refractivity contribution in [2.45, 2.75) is 19.3 Å². The number of methoxy groups -OCH3 is 1. The van der Waals surface area contributed by atoms with E-state index in [1.54, 1.807) is 33.9 Å². The summed E-state index contributed by atoms with van der Waals surface area (Å²) in [5.74, 6) is 0.683. The van der Waals surface area contributed by atoms with Gasteiger partial charge in [0, 0.05) is 52.1 Å².